The zero-order valence-electron chi connectivity index (χ0n) is 12.5. The Labute approximate surface area is 116 Å². The maximum atomic E-state index is 5.47. The third-order valence-corrected chi connectivity index (χ3v) is 4.18. The number of methoxy groups -OCH3 is 1. The van der Waals surface area contributed by atoms with Gasteiger partial charge in [0, 0.05) is 7.05 Å². The molecule has 1 unspecified atom stereocenters. The fourth-order valence-corrected chi connectivity index (χ4v) is 3.17. The molecule has 1 fully saturated rings. The van der Waals surface area contributed by atoms with Crippen LogP contribution in [0.2, 0.25) is 0 Å². The Morgan fingerprint density at radius 2 is 2.21 bits per heavy atom. The van der Waals surface area contributed by atoms with E-state index in [1.165, 1.54) is 37.8 Å². The molecule has 1 aliphatic carbocycles. The van der Waals surface area contributed by atoms with Gasteiger partial charge in [-0.3, -0.25) is 4.68 Å². The predicted molar refractivity (Wildman–Crippen MR) is 77.4 cm³/mol. The minimum Gasteiger partial charge on any atom is -0.493 e. The van der Waals surface area contributed by atoms with Crippen molar-refractivity contribution in [3.8, 4) is 5.75 Å². The van der Waals surface area contributed by atoms with Gasteiger partial charge >= 0.3 is 0 Å². The van der Waals surface area contributed by atoms with Crippen molar-refractivity contribution in [2.75, 3.05) is 13.7 Å². The number of ether oxygens (including phenoxy) is 1. The van der Waals surface area contributed by atoms with E-state index in [2.05, 4.69) is 17.3 Å². The van der Waals surface area contributed by atoms with Crippen LogP contribution in [0.1, 0.15) is 57.2 Å². The molecule has 19 heavy (non-hydrogen) atoms. The largest absolute Gasteiger partial charge is 0.493 e. The molecule has 0 aromatic carbocycles. The molecule has 1 aliphatic rings. The fraction of sp³-hybridized carbons (Fsp3) is 0.800. The Bertz CT molecular complexity index is 383. The minimum atomic E-state index is 0.366. The Morgan fingerprint density at radius 1 is 1.47 bits per heavy atom. The standard InChI is InChI=1S/C15H27N3O/c1-4-9-16-13(10-12-7-5-6-8-12)15-14(19-3)11-17-18(15)2/h11-13,16H,4-10H2,1-3H3. The Morgan fingerprint density at radius 3 is 2.84 bits per heavy atom. The van der Waals surface area contributed by atoms with Crippen LogP contribution in [-0.2, 0) is 7.05 Å². The van der Waals surface area contributed by atoms with Gasteiger partial charge in [-0.2, -0.15) is 5.10 Å². The lowest BCUT2D eigenvalue weighted by Crippen LogP contribution is -2.26. The third kappa shape index (κ3) is 3.50. The van der Waals surface area contributed by atoms with Gasteiger partial charge in [0.05, 0.1) is 25.0 Å². The summed E-state index contributed by atoms with van der Waals surface area (Å²) in [7, 11) is 3.74. The quantitative estimate of drug-likeness (QED) is 0.823. The van der Waals surface area contributed by atoms with Crippen LogP contribution in [0, 0.1) is 5.92 Å². The van der Waals surface area contributed by atoms with Gasteiger partial charge in [0.25, 0.3) is 0 Å². The summed E-state index contributed by atoms with van der Waals surface area (Å²) in [4.78, 5) is 0. The molecule has 0 radical (unpaired) electrons. The van der Waals surface area contributed by atoms with Crippen LogP contribution in [-0.4, -0.2) is 23.4 Å². The molecule has 108 valence electrons. The van der Waals surface area contributed by atoms with Gasteiger partial charge in [-0.15, -0.1) is 0 Å². The second-order valence-corrected chi connectivity index (χ2v) is 5.61. The average molecular weight is 265 g/mol. The molecule has 1 atom stereocenters. The van der Waals surface area contributed by atoms with Crippen molar-refractivity contribution in [2.45, 2.75) is 51.5 Å². The fourth-order valence-electron chi connectivity index (χ4n) is 3.17. The highest BCUT2D eigenvalue weighted by Crippen LogP contribution is 2.35. The number of rotatable bonds is 7. The molecule has 2 rings (SSSR count). The summed E-state index contributed by atoms with van der Waals surface area (Å²) in [6.45, 7) is 3.26. The number of nitrogens with one attached hydrogen (secondary N) is 1. The molecular weight excluding hydrogens is 238 g/mol. The summed E-state index contributed by atoms with van der Waals surface area (Å²) in [5.41, 5.74) is 1.20. The second kappa shape index (κ2) is 6.94. The molecule has 4 nitrogen and oxygen atoms in total. The van der Waals surface area contributed by atoms with E-state index < -0.39 is 0 Å². The highest BCUT2D eigenvalue weighted by molar-refractivity contribution is 5.28. The molecule has 1 aromatic heterocycles. The number of hydrogen-bond donors (Lipinski definition) is 1. The highest BCUT2D eigenvalue weighted by Gasteiger charge is 2.25. The average Bonchev–Trinajstić information content (AvgIpc) is 3.04. The topological polar surface area (TPSA) is 39.1 Å². The molecule has 1 N–H and O–H groups in total. The summed E-state index contributed by atoms with van der Waals surface area (Å²) >= 11 is 0. The van der Waals surface area contributed by atoms with Gasteiger partial charge in [0.15, 0.2) is 5.75 Å². The van der Waals surface area contributed by atoms with Gasteiger partial charge in [-0.1, -0.05) is 32.6 Å². The Balaban J connectivity index is 2.12. The van der Waals surface area contributed by atoms with E-state index in [-0.39, 0.29) is 0 Å². The van der Waals surface area contributed by atoms with Crippen LogP contribution in [0.5, 0.6) is 5.75 Å². The van der Waals surface area contributed by atoms with Gasteiger partial charge < -0.3 is 10.1 Å². The molecule has 0 bridgehead atoms. The van der Waals surface area contributed by atoms with Crippen LogP contribution in [0.4, 0.5) is 0 Å². The molecule has 0 aliphatic heterocycles. The van der Waals surface area contributed by atoms with Crippen molar-refractivity contribution in [1.29, 1.82) is 0 Å². The Kier molecular flexibility index (Phi) is 5.25. The summed E-state index contributed by atoms with van der Waals surface area (Å²) < 4.78 is 7.43. The van der Waals surface area contributed by atoms with E-state index in [9.17, 15) is 0 Å². The van der Waals surface area contributed by atoms with Crippen molar-refractivity contribution in [1.82, 2.24) is 15.1 Å². The lowest BCUT2D eigenvalue weighted by molar-refractivity contribution is 0.356. The molecule has 0 amide bonds. The monoisotopic (exact) mass is 265 g/mol. The summed E-state index contributed by atoms with van der Waals surface area (Å²) in [5.74, 6) is 1.77. The first-order chi connectivity index (χ1) is 9.26. The van der Waals surface area contributed by atoms with Crippen LogP contribution < -0.4 is 10.1 Å². The molecule has 1 heterocycles. The van der Waals surface area contributed by atoms with E-state index in [0.717, 1.165) is 24.6 Å². The number of aromatic nitrogens is 2. The molecule has 4 heteroatoms. The van der Waals surface area contributed by atoms with Crippen LogP contribution >= 0.6 is 0 Å². The van der Waals surface area contributed by atoms with Gasteiger partial charge in [-0.05, 0) is 25.3 Å². The normalized spacial score (nSPS) is 17.8. The summed E-state index contributed by atoms with van der Waals surface area (Å²) in [6.07, 6.45) is 9.73. The summed E-state index contributed by atoms with van der Waals surface area (Å²) in [5, 5.41) is 8.02. The second-order valence-electron chi connectivity index (χ2n) is 5.61. The van der Waals surface area contributed by atoms with Gasteiger partial charge in [-0.25, -0.2) is 0 Å². The first-order valence-corrected chi connectivity index (χ1v) is 7.55. The maximum Gasteiger partial charge on any atom is 0.161 e. The van der Waals surface area contributed by atoms with Crippen LogP contribution in [0.15, 0.2) is 6.20 Å². The molecule has 1 saturated carbocycles. The zero-order valence-corrected chi connectivity index (χ0v) is 12.5. The van der Waals surface area contributed by atoms with Crippen molar-refractivity contribution in [3.05, 3.63) is 11.9 Å². The smallest absolute Gasteiger partial charge is 0.161 e. The van der Waals surface area contributed by atoms with Crippen molar-refractivity contribution >= 4 is 0 Å². The SMILES string of the molecule is CCCNC(CC1CCCC1)c1c(OC)cnn1C. The molecule has 1 aromatic rings. The van der Waals surface area contributed by atoms with E-state index in [1.807, 2.05) is 17.9 Å². The Hall–Kier alpha value is -1.03. The first kappa shape index (κ1) is 14.4. The van der Waals surface area contributed by atoms with Crippen molar-refractivity contribution in [3.63, 3.8) is 0 Å². The van der Waals surface area contributed by atoms with E-state index in [1.54, 1.807) is 7.11 Å². The third-order valence-electron chi connectivity index (χ3n) is 4.18. The van der Waals surface area contributed by atoms with Crippen LogP contribution in [0.25, 0.3) is 0 Å². The molecule has 0 saturated heterocycles. The van der Waals surface area contributed by atoms with E-state index >= 15 is 0 Å². The van der Waals surface area contributed by atoms with Crippen molar-refractivity contribution in [2.24, 2.45) is 13.0 Å². The molecular formula is C15H27N3O. The van der Waals surface area contributed by atoms with Crippen LogP contribution in [0.3, 0.4) is 0 Å². The number of hydrogen-bond acceptors (Lipinski definition) is 3. The predicted octanol–water partition coefficient (Wildman–Crippen LogP) is 3.05. The maximum absolute atomic E-state index is 5.47. The minimum absolute atomic E-state index is 0.366. The zero-order chi connectivity index (χ0) is 13.7. The number of nitrogens with zero attached hydrogens (tertiary/aromatic N) is 2. The first-order valence-electron chi connectivity index (χ1n) is 7.55. The van der Waals surface area contributed by atoms with Crippen molar-refractivity contribution < 1.29 is 4.74 Å². The molecule has 0 spiro atoms. The lowest BCUT2D eigenvalue weighted by Gasteiger charge is -2.23. The lowest BCUT2D eigenvalue weighted by atomic mass is 9.96. The summed E-state index contributed by atoms with van der Waals surface area (Å²) in [6, 6.07) is 0.366. The highest BCUT2D eigenvalue weighted by atomic mass is 16.5. The van der Waals surface area contributed by atoms with Gasteiger partial charge in [0.2, 0.25) is 0 Å². The number of aryl methyl sites for hydroxylation is 1. The van der Waals surface area contributed by atoms with E-state index in [0.29, 0.717) is 6.04 Å². The van der Waals surface area contributed by atoms with E-state index in [4.69, 9.17) is 4.74 Å². The van der Waals surface area contributed by atoms with Gasteiger partial charge in [0.1, 0.15) is 0 Å².